The predicted octanol–water partition coefficient (Wildman–Crippen LogP) is 2.35. The fourth-order valence-corrected chi connectivity index (χ4v) is 3.10. The summed E-state index contributed by atoms with van der Waals surface area (Å²) in [6.07, 6.45) is 3.70. The Balaban J connectivity index is 1.49. The molecule has 140 valence electrons. The lowest BCUT2D eigenvalue weighted by Gasteiger charge is -2.14. The second-order valence-corrected chi connectivity index (χ2v) is 6.72. The van der Waals surface area contributed by atoms with E-state index in [1.165, 1.54) is 6.20 Å². The van der Waals surface area contributed by atoms with Crippen molar-refractivity contribution in [3.63, 3.8) is 0 Å². The Kier molecular flexibility index (Phi) is 5.55. The summed E-state index contributed by atoms with van der Waals surface area (Å²) in [5.41, 5.74) is 0.946. The van der Waals surface area contributed by atoms with Crippen molar-refractivity contribution >= 4 is 17.8 Å². The number of nitrogens with one attached hydrogen (secondary N) is 3. The fourth-order valence-electron chi connectivity index (χ4n) is 3.10. The molecule has 2 aromatic heterocycles. The molecule has 1 saturated carbocycles. The number of alkyl carbamates (subject to hydrolysis) is 1. The quantitative estimate of drug-likeness (QED) is 0.726. The first kappa shape index (κ1) is 18.0. The topological polar surface area (TPSA) is 122 Å². The van der Waals surface area contributed by atoms with E-state index in [1.54, 1.807) is 6.07 Å². The molecule has 2 aromatic rings. The zero-order valence-electron chi connectivity index (χ0n) is 14.8. The van der Waals surface area contributed by atoms with Gasteiger partial charge < -0.3 is 19.9 Å². The molecule has 3 N–H and O–H groups in total. The standard InChI is InChI=1S/C17H23N5O4/c1-10(2)25-17(24)19-12-4-3-11(7-12)14-9-15(22-21-14)20-16(23)8-13-5-6-18-26-13/h5-6,9-12H,3-4,7-8H2,1-2H3,(H,19,24)(H2,20,21,22,23)/t11-,12+/m1/s1. The summed E-state index contributed by atoms with van der Waals surface area (Å²) >= 11 is 0. The third-order valence-electron chi connectivity index (χ3n) is 4.23. The zero-order chi connectivity index (χ0) is 18.5. The first-order valence-corrected chi connectivity index (χ1v) is 8.71. The molecule has 9 heteroatoms. The van der Waals surface area contributed by atoms with Crippen molar-refractivity contribution in [2.24, 2.45) is 0 Å². The van der Waals surface area contributed by atoms with Crippen molar-refractivity contribution in [1.29, 1.82) is 0 Å². The van der Waals surface area contributed by atoms with Gasteiger partial charge in [0.1, 0.15) is 5.76 Å². The molecule has 2 amide bonds. The molecule has 3 rings (SSSR count). The van der Waals surface area contributed by atoms with Crippen LogP contribution in [0, 0.1) is 0 Å². The molecule has 0 aliphatic heterocycles. The van der Waals surface area contributed by atoms with Crippen molar-refractivity contribution in [1.82, 2.24) is 20.7 Å². The lowest BCUT2D eigenvalue weighted by molar-refractivity contribution is -0.115. The van der Waals surface area contributed by atoms with Gasteiger partial charge in [-0.3, -0.25) is 9.89 Å². The van der Waals surface area contributed by atoms with E-state index in [-0.39, 0.29) is 36.5 Å². The number of anilines is 1. The number of hydrogen-bond donors (Lipinski definition) is 3. The Morgan fingerprint density at radius 1 is 1.42 bits per heavy atom. The molecule has 9 nitrogen and oxygen atoms in total. The highest BCUT2D eigenvalue weighted by atomic mass is 16.6. The van der Waals surface area contributed by atoms with Gasteiger partial charge in [0.2, 0.25) is 5.91 Å². The van der Waals surface area contributed by atoms with Crippen LogP contribution in [0.25, 0.3) is 0 Å². The summed E-state index contributed by atoms with van der Waals surface area (Å²) in [4.78, 5) is 23.7. The van der Waals surface area contributed by atoms with E-state index >= 15 is 0 Å². The van der Waals surface area contributed by atoms with Gasteiger partial charge in [-0.2, -0.15) is 5.10 Å². The van der Waals surface area contributed by atoms with Crippen LogP contribution in [0.1, 0.15) is 50.5 Å². The molecule has 0 aromatic carbocycles. The third-order valence-corrected chi connectivity index (χ3v) is 4.23. The summed E-state index contributed by atoms with van der Waals surface area (Å²) in [6, 6.07) is 3.56. The summed E-state index contributed by atoms with van der Waals surface area (Å²) in [6.45, 7) is 3.64. The van der Waals surface area contributed by atoms with Crippen LogP contribution in [0.3, 0.4) is 0 Å². The predicted molar refractivity (Wildman–Crippen MR) is 92.6 cm³/mol. The van der Waals surface area contributed by atoms with Crippen LogP contribution in [-0.2, 0) is 16.0 Å². The lowest BCUT2D eigenvalue weighted by Crippen LogP contribution is -2.34. The average Bonchev–Trinajstić information content (AvgIpc) is 3.27. The molecule has 1 aliphatic rings. The summed E-state index contributed by atoms with van der Waals surface area (Å²) in [5.74, 6) is 1.00. The average molecular weight is 361 g/mol. The van der Waals surface area contributed by atoms with Gasteiger partial charge in [0.05, 0.1) is 18.7 Å². The van der Waals surface area contributed by atoms with Crippen molar-refractivity contribution in [3.05, 3.63) is 29.8 Å². The molecule has 1 aliphatic carbocycles. The maximum atomic E-state index is 12.0. The van der Waals surface area contributed by atoms with E-state index < -0.39 is 0 Å². The summed E-state index contributed by atoms with van der Waals surface area (Å²) in [5, 5.41) is 16.3. The highest BCUT2D eigenvalue weighted by Gasteiger charge is 2.29. The minimum absolute atomic E-state index is 0.0824. The van der Waals surface area contributed by atoms with Gasteiger partial charge in [-0.1, -0.05) is 5.16 Å². The first-order valence-electron chi connectivity index (χ1n) is 8.71. The minimum Gasteiger partial charge on any atom is -0.447 e. The zero-order valence-corrected chi connectivity index (χ0v) is 14.8. The van der Waals surface area contributed by atoms with Crippen LogP contribution in [0.5, 0.6) is 0 Å². The van der Waals surface area contributed by atoms with Crippen LogP contribution in [0.2, 0.25) is 0 Å². The molecule has 2 heterocycles. The SMILES string of the molecule is CC(C)OC(=O)N[C@H]1CC[C@@H](c2cc(NC(=O)Cc3ccno3)n[nH]2)C1. The van der Waals surface area contributed by atoms with E-state index in [0.29, 0.717) is 11.6 Å². The van der Waals surface area contributed by atoms with Crippen LogP contribution >= 0.6 is 0 Å². The van der Waals surface area contributed by atoms with Crippen LogP contribution in [0.4, 0.5) is 10.6 Å². The number of carbonyl (C=O) groups excluding carboxylic acids is 2. The maximum absolute atomic E-state index is 12.0. The van der Waals surface area contributed by atoms with Gasteiger partial charge in [-0.15, -0.1) is 0 Å². The number of aromatic amines is 1. The van der Waals surface area contributed by atoms with Gasteiger partial charge >= 0.3 is 6.09 Å². The van der Waals surface area contributed by atoms with Crippen molar-refractivity contribution < 1.29 is 18.8 Å². The van der Waals surface area contributed by atoms with E-state index in [9.17, 15) is 9.59 Å². The van der Waals surface area contributed by atoms with Crippen LogP contribution < -0.4 is 10.6 Å². The Labute approximate surface area is 150 Å². The first-order chi connectivity index (χ1) is 12.5. The summed E-state index contributed by atoms with van der Waals surface area (Å²) < 4.78 is 10.0. The van der Waals surface area contributed by atoms with Gasteiger partial charge in [0.15, 0.2) is 5.82 Å². The number of amides is 2. The molecular weight excluding hydrogens is 338 g/mol. The van der Waals surface area contributed by atoms with E-state index in [2.05, 4.69) is 26.0 Å². The Hall–Kier alpha value is -2.84. The molecule has 2 atom stereocenters. The lowest BCUT2D eigenvalue weighted by atomic mass is 10.0. The van der Waals surface area contributed by atoms with Crippen molar-refractivity contribution in [2.75, 3.05) is 5.32 Å². The van der Waals surface area contributed by atoms with Gasteiger partial charge in [-0.05, 0) is 33.1 Å². The molecule has 0 spiro atoms. The number of aromatic nitrogens is 3. The fraction of sp³-hybridized carbons (Fsp3) is 0.529. The van der Waals surface area contributed by atoms with Gasteiger partial charge in [0, 0.05) is 29.8 Å². The number of rotatable bonds is 6. The number of ether oxygens (including phenoxy) is 1. The molecule has 26 heavy (non-hydrogen) atoms. The van der Waals surface area contributed by atoms with E-state index in [4.69, 9.17) is 9.26 Å². The maximum Gasteiger partial charge on any atom is 0.407 e. The third kappa shape index (κ3) is 4.84. The molecule has 1 fully saturated rings. The molecule has 0 bridgehead atoms. The second-order valence-electron chi connectivity index (χ2n) is 6.72. The van der Waals surface area contributed by atoms with E-state index in [0.717, 1.165) is 25.0 Å². The van der Waals surface area contributed by atoms with Gasteiger partial charge in [0.25, 0.3) is 0 Å². The van der Waals surface area contributed by atoms with Crippen molar-refractivity contribution in [2.45, 2.75) is 57.6 Å². The van der Waals surface area contributed by atoms with Gasteiger partial charge in [-0.25, -0.2) is 4.79 Å². The second kappa shape index (κ2) is 8.03. The highest BCUT2D eigenvalue weighted by Crippen LogP contribution is 2.34. The normalized spacial score (nSPS) is 19.5. The van der Waals surface area contributed by atoms with Crippen LogP contribution in [0.15, 0.2) is 22.9 Å². The largest absolute Gasteiger partial charge is 0.447 e. The number of carbonyl (C=O) groups is 2. The molecular formula is C17H23N5O4. The Bertz CT molecular complexity index is 740. The number of hydrogen-bond acceptors (Lipinski definition) is 6. The molecule has 0 saturated heterocycles. The number of nitrogens with zero attached hydrogens (tertiary/aromatic N) is 2. The minimum atomic E-state index is -0.379. The molecule has 0 unspecified atom stereocenters. The smallest absolute Gasteiger partial charge is 0.407 e. The Morgan fingerprint density at radius 2 is 2.27 bits per heavy atom. The monoisotopic (exact) mass is 361 g/mol. The van der Waals surface area contributed by atoms with E-state index in [1.807, 2.05) is 19.9 Å². The summed E-state index contributed by atoms with van der Waals surface area (Å²) in [7, 11) is 0. The van der Waals surface area contributed by atoms with Crippen molar-refractivity contribution in [3.8, 4) is 0 Å². The highest BCUT2D eigenvalue weighted by molar-refractivity contribution is 5.91. The molecule has 0 radical (unpaired) electrons. The Morgan fingerprint density at radius 3 is 3.00 bits per heavy atom. The van der Waals surface area contributed by atoms with Crippen LogP contribution in [-0.4, -0.2) is 39.5 Å². The number of H-pyrrole nitrogens is 1.